The van der Waals surface area contributed by atoms with Gasteiger partial charge in [-0.15, -0.1) is 16.4 Å². The zero-order chi connectivity index (χ0) is 18.5. The lowest BCUT2D eigenvalue weighted by Crippen LogP contribution is -2.48. The number of carbonyl (C=O) groups excluding carboxylic acids is 1. The number of nitrogens with zero attached hydrogens (tertiary/aromatic N) is 6. The van der Waals surface area contributed by atoms with Gasteiger partial charge in [0.15, 0.2) is 5.65 Å². The van der Waals surface area contributed by atoms with Gasteiger partial charge in [0.25, 0.3) is 5.91 Å². The van der Waals surface area contributed by atoms with E-state index in [0.717, 1.165) is 61.4 Å². The predicted octanol–water partition coefficient (Wildman–Crippen LogP) is 2.24. The molecule has 0 unspecified atom stereocenters. The Kier molecular flexibility index (Phi) is 4.12. The molecule has 142 valence electrons. The maximum atomic E-state index is 12.9. The molecule has 0 bridgehead atoms. The molecule has 1 saturated heterocycles. The molecule has 0 saturated carbocycles. The van der Waals surface area contributed by atoms with Gasteiger partial charge in [-0.05, 0) is 37.3 Å². The van der Waals surface area contributed by atoms with Crippen LogP contribution >= 0.6 is 11.3 Å². The molecule has 7 nitrogen and oxygen atoms in total. The molecule has 0 spiro atoms. The third kappa shape index (κ3) is 2.82. The van der Waals surface area contributed by atoms with Gasteiger partial charge in [0.05, 0.1) is 5.39 Å². The molecule has 0 aromatic carbocycles. The first-order valence-electron chi connectivity index (χ1n) is 9.81. The molecule has 2 aliphatic rings. The minimum absolute atomic E-state index is 0.0694. The molecule has 1 aliphatic heterocycles. The lowest BCUT2D eigenvalue weighted by molar-refractivity contribution is 0.0631. The van der Waals surface area contributed by atoms with Crippen LogP contribution in [0.25, 0.3) is 15.9 Å². The Morgan fingerprint density at radius 2 is 2.11 bits per heavy atom. The molecular formula is C19H24N6OS. The van der Waals surface area contributed by atoms with Crippen LogP contribution in [0.5, 0.6) is 0 Å². The summed E-state index contributed by atoms with van der Waals surface area (Å²) in [5.74, 6) is 0.896. The van der Waals surface area contributed by atoms with Crippen molar-refractivity contribution in [2.45, 2.75) is 33.1 Å². The Morgan fingerprint density at radius 3 is 2.89 bits per heavy atom. The van der Waals surface area contributed by atoms with Gasteiger partial charge >= 0.3 is 0 Å². The van der Waals surface area contributed by atoms with Crippen LogP contribution in [0.15, 0.2) is 6.33 Å². The maximum absolute atomic E-state index is 12.9. The third-order valence-electron chi connectivity index (χ3n) is 5.93. The van der Waals surface area contributed by atoms with Gasteiger partial charge in [0, 0.05) is 31.1 Å². The summed E-state index contributed by atoms with van der Waals surface area (Å²) in [6.45, 7) is 8.79. The Labute approximate surface area is 162 Å². The van der Waals surface area contributed by atoms with Gasteiger partial charge in [0.2, 0.25) is 5.82 Å². The van der Waals surface area contributed by atoms with E-state index in [4.69, 9.17) is 0 Å². The second-order valence-electron chi connectivity index (χ2n) is 7.71. The molecule has 1 fully saturated rings. The fourth-order valence-corrected chi connectivity index (χ4v) is 5.42. The first-order valence-corrected chi connectivity index (χ1v) is 10.6. The van der Waals surface area contributed by atoms with E-state index >= 15 is 0 Å². The van der Waals surface area contributed by atoms with E-state index in [0.29, 0.717) is 5.92 Å². The number of hydrogen-bond donors (Lipinski definition) is 0. The highest BCUT2D eigenvalue weighted by molar-refractivity contribution is 7.19. The topological polar surface area (TPSA) is 66.6 Å². The predicted molar refractivity (Wildman–Crippen MR) is 105 cm³/mol. The molecular weight excluding hydrogens is 360 g/mol. The average Bonchev–Trinajstić information content (AvgIpc) is 3.28. The number of hydrogen-bond acceptors (Lipinski definition) is 6. The first-order chi connectivity index (χ1) is 13.1. The van der Waals surface area contributed by atoms with Crippen LogP contribution in [0.3, 0.4) is 0 Å². The lowest BCUT2D eigenvalue weighted by Gasteiger charge is -2.33. The van der Waals surface area contributed by atoms with E-state index in [1.807, 2.05) is 4.90 Å². The largest absolute Gasteiger partial charge is 0.333 e. The van der Waals surface area contributed by atoms with Crippen molar-refractivity contribution < 1.29 is 4.79 Å². The average molecular weight is 385 g/mol. The minimum Gasteiger partial charge on any atom is -0.333 e. The van der Waals surface area contributed by atoms with Gasteiger partial charge in [-0.3, -0.25) is 4.79 Å². The second-order valence-corrected chi connectivity index (χ2v) is 8.79. The maximum Gasteiger partial charge on any atom is 0.293 e. The van der Waals surface area contributed by atoms with Crippen molar-refractivity contribution in [3.8, 4) is 0 Å². The van der Waals surface area contributed by atoms with E-state index in [1.165, 1.54) is 16.9 Å². The SMILES string of the molecule is CCN1CCN(C(=O)c2nc3c4c5c(sc4ncn3n2)CC[C@@H](C)C5)CC1. The molecule has 0 N–H and O–H groups in total. The fraction of sp³-hybridized carbons (Fsp3) is 0.579. The van der Waals surface area contributed by atoms with E-state index in [9.17, 15) is 4.79 Å². The Hall–Kier alpha value is -2.06. The van der Waals surface area contributed by atoms with Crippen LogP contribution in [0.1, 0.15) is 41.3 Å². The number of likely N-dealkylation sites (N-methyl/N-ethyl adjacent to an activating group) is 1. The zero-order valence-corrected chi connectivity index (χ0v) is 16.6. The van der Waals surface area contributed by atoms with E-state index in [1.54, 1.807) is 22.2 Å². The number of aromatic nitrogens is 4. The van der Waals surface area contributed by atoms with Crippen LogP contribution < -0.4 is 0 Å². The quantitative estimate of drug-likeness (QED) is 0.678. The third-order valence-corrected chi connectivity index (χ3v) is 7.13. The van der Waals surface area contributed by atoms with Gasteiger partial charge in [0.1, 0.15) is 11.2 Å². The number of fused-ring (bicyclic) bond motifs is 5. The van der Waals surface area contributed by atoms with Crippen molar-refractivity contribution in [2.75, 3.05) is 32.7 Å². The number of carbonyl (C=O) groups is 1. The van der Waals surface area contributed by atoms with Gasteiger partial charge in [-0.25, -0.2) is 14.5 Å². The summed E-state index contributed by atoms with van der Waals surface area (Å²) in [4.78, 5) is 28.9. The molecule has 1 atom stereocenters. The summed E-state index contributed by atoms with van der Waals surface area (Å²) in [5, 5.41) is 5.57. The number of aryl methyl sites for hydroxylation is 1. The molecule has 4 heterocycles. The van der Waals surface area contributed by atoms with E-state index in [2.05, 4.69) is 33.8 Å². The van der Waals surface area contributed by atoms with Crippen LogP contribution in [-0.4, -0.2) is 68.0 Å². The van der Waals surface area contributed by atoms with Gasteiger partial charge in [-0.2, -0.15) is 0 Å². The van der Waals surface area contributed by atoms with Crippen LogP contribution in [0.2, 0.25) is 0 Å². The summed E-state index contributed by atoms with van der Waals surface area (Å²) < 4.78 is 1.68. The van der Waals surface area contributed by atoms with Crippen molar-refractivity contribution >= 4 is 33.1 Å². The molecule has 0 radical (unpaired) electrons. The molecule has 27 heavy (non-hydrogen) atoms. The number of rotatable bonds is 2. The highest BCUT2D eigenvalue weighted by atomic mass is 32.1. The Bertz CT molecular complexity index is 1020. The highest BCUT2D eigenvalue weighted by Crippen LogP contribution is 2.38. The second kappa shape index (κ2) is 6.53. The number of thiophene rings is 1. The number of piperazine rings is 1. The van der Waals surface area contributed by atoms with Gasteiger partial charge in [-0.1, -0.05) is 13.8 Å². The van der Waals surface area contributed by atoms with E-state index < -0.39 is 0 Å². The molecule has 5 rings (SSSR count). The summed E-state index contributed by atoms with van der Waals surface area (Å²) in [7, 11) is 0. The summed E-state index contributed by atoms with van der Waals surface area (Å²) in [6.07, 6.45) is 5.11. The van der Waals surface area contributed by atoms with Crippen molar-refractivity contribution in [3.05, 3.63) is 22.6 Å². The number of amides is 1. The smallest absolute Gasteiger partial charge is 0.293 e. The molecule has 8 heteroatoms. The van der Waals surface area contributed by atoms with Crippen LogP contribution in [-0.2, 0) is 12.8 Å². The van der Waals surface area contributed by atoms with Crippen molar-refractivity contribution in [3.63, 3.8) is 0 Å². The van der Waals surface area contributed by atoms with Crippen molar-refractivity contribution in [2.24, 2.45) is 5.92 Å². The van der Waals surface area contributed by atoms with Crippen LogP contribution in [0.4, 0.5) is 0 Å². The zero-order valence-electron chi connectivity index (χ0n) is 15.8. The van der Waals surface area contributed by atoms with Crippen molar-refractivity contribution in [1.82, 2.24) is 29.4 Å². The normalized spacial score (nSPS) is 21.1. The first kappa shape index (κ1) is 17.1. The summed E-state index contributed by atoms with van der Waals surface area (Å²) >= 11 is 1.77. The van der Waals surface area contributed by atoms with Crippen LogP contribution in [0, 0.1) is 5.92 Å². The van der Waals surface area contributed by atoms with Gasteiger partial charge < -0.3 is 9.80 Å². The molecule has 3 aromatic rings. The molecule has 1 aliphatic carbocycles. The highest BCUT2D eigenvalue weighted by Gasteiger charge is 2.27. The lowest BCUT2D eigenvalue weighted by atomic mass is 9.89. The summed E-state index contributed by atoms with van der Waals surface area (Å²) in [6, 6.07) is 0. The minimum atomic E-state index is -0.0694. The summed E-state index contributed by atoms with van der Waals surface area (Å²) in [5.41, 5.74) is 2.15. The molecule has 1 amide bonds. The Balaban J connectivity index is 1.53. The van der Waals surface area contributed by atoms with E-state index in [-0.39, 0.29) is 11.7 Å². The molecule has 3 aromatic heterocycles. The van der Waals surface area contributed by atoms with Crippen molar-refractivity contribution in [1.29, 1.82) is 0 Å². The fourth-order valence-electron chi connectivity index (χ4n) is 4.25. The standard InChI is InChI=1S/C19H24N6OS/c1-3-23-6-8-24(9-7-23)19(26)16-21-17-15-13-10-12(2)4-5-14(13)27-18(15)20-11-25(17)22-16/h11-12H,3-10H2,1-2H3/t12-/m1/s1. The Morgan fingerprint density at radius 1 is 1.30 bits per heavy atom. The monoisotopic (exact) mass is 384 g/mol.